The van der Waals surface area contributed by atoms with Crippen LogP contribution in [0.5, 0.6) is 0 Å². The van der Waals surface area contributed by atoms with E-state index in [0.29, 0.717) is 35.7 Å². The molecule has 0 bridgehead atoms. The zero-order valence-corrected chi connectivity index (χ0v) is 28.6. The Morgan fingerprint density at radius 1 is 0.979 bits per heavy atom. The van der Waals surface area contributed by atoms with Crippen molar-refractivity contribution in [3.63, 3.8) is 0 Å². The second-order valence-corrected chi connectivity index (χ2v) is 12.9. The minimum absolute atomic E-state index is 0.0613. The fourth-order valence-corrected chi connectivity index (χ4v) is 5.84. The van der Waals surface area contributed by atoms with Crippen LogP contribution in [-0.2, 0) is 26.9 Å². The summed E-state index contributed by atoms with van der Waals surface area (Å²) >= 11 is 0. The van der Waals surface area contributed by atoms with Gasteiger partial charge in [0, 0.05) is 23.9 Å². The van der Waals surface area contributed by atoms with Crippen molar-refractivity contribution in [3.8, 4) is 11.1 Å². The maximum atomic E-state index is 16.0. The molecule has 0 aliphatic carbocycles. The Morgan fingerprint density at radius 3 is 2.15 bits per heavy atom. The number of hydrogen-bond donors (Lipinski definition) is 1. The van der Waals surface area contributed by atoms with Gasteiger partial charge in [-0.05, 0) is 119 Å². The zero-order valence-electron chi connectivity index (χ0n) is 28.6. The molecule has 7 nitrogen and oxygen atoms in total. The van der Waals surface area contributed by atoms with Gasteiger partial charge in [-0.25, -0.2) is 8.78 Å². The van der Waals surface area contributed by atoms with Gasteiger partial charge in [-0.2, -0.15) is 13.2 Å². The lowest BCUT2D eigenvalue weighted by atomic mass is 9.89. The predicted octanol–water partition coefficient (Wildman–Crippen LogP) is 7.24. The first-order valence-electron chi connectivity index (χ1n) is 15.8. The summed E-state index contributed by atoms with van der Waals surface area (Å²) in [5.74, 6) is -4.03. The molecule has 2 unspecified atom stereocenters. The lowest BCUT2D eigenvalue weighted by molar-refractivity contribution is -0.144. The highest BCUT2D eigenvalue weighted by molar-refractivity contribution is 5.82. The molecule has 1 N–H and O–H groups in total. The molecule has 0 saturated heterocycles. The second-order valence-electron chi connectivity index (χ2n) is 12.9. The monoisotopic (exact) mass is 677 g/mol. The third kappa shape index (κ3) is 9.52. The fourth-order valence-electron chi connectivity index (χ4n) is 5.84. The Kier molecular flexibility index (Phi) is 12.7. The number of alkyl halides is 3. The van der Waals surface area contributed by atoms with Gasteiger partial charge in [0.1, 0.15) is 17.7 Å². The SMILES string of the molecule is CCOC(=O)CC(NC(=O)C(CC(C)C)n1cc(CCN(C)C)cc(C)c1=O)c1cc(-c2c(C)cc(F)cc2C)cc(C(F)(F)F)c1F. The van der Waals surface area contributed by atoms with Crippen molar-refractivity contribution in [2.24, 2.45) is 5.92 Å². The number of pyridine rings is 1. The van der Waals surface area contributed by atoms with Gasteiger partial charge in [0.15, 0.2) is 0 Å². The first-order valence-corrected chi connectivity index (χ1v) is 15.8. The van der Waals surface area contributed by atoms with E-state index in [1.165, 1.54) is 25.3 Å². The molecule has 48 heavy (non-hydrogen) atoms. The number of hydrogen-bond acceptors (Lipinski definition) is 5. The van der Waals surface area contributed by atoms with Gasteiger partial charge < -0.3 is 19.5 Å². The summed E-state index contributed by atoms with van der Waals surface area (Å²) in [5.41, 5.74) is -0.652. The van der Waals surface area contributed by atoms with Crippen LogP contribution < -0.4 is 10.9 Å². The summed E-state index contributed by atoms with van der Waals surface area (Å²) in [4.78, 5) is 42.2. The van der Waals surface area contributed by atoms with Crippen LogP contribution in [0.2, 0.25) is 0 Å². The van der Waals surface area contributed by atoms with Gasteiger partial charge >= 0.3 is 12.1 Å². The number of ether oxygens (including phenoxy) is 1. The van der Waals surface area contributed by atoms with Crippen LogP contribution in [0.4, 0.5) is 22.0 Å². The molecule has 0 aliphatic heterocycles. The Bertz CT molecular complexity index is 1680. The molecule has 12 heteroatoms. The number of rotatable bonds is 13. The van der Waals surface area contributed by atoms with E-state index in [9.17, 15) is 31.9 Å². The Labute approximate surface area is 278 Å². The number of aromatic nitrogens is 1. The van der Waals surface area contributed by atoms with E-state index in [-0.39, 0.29) is 30.1 Å². The van der Waals surface area contributed by atoms with Gasteiger partial charge in [0.25, 0.3) is 5.56 Å². The minimum Gasteiger partial charge on any atom is -0.466 e. The standard InChI is InChI=1S/C36H44F5N3O4/c1-9-48-31(45)18-29(27-16-25(17-28(33(27)38)36(39,40)41)32-21(4)14-26(37)15-22(32)5)42-34(46)30(12-20(2)3)44-19-24(10-11-43(7)8)13-23(6)35(44)47/h13-17,19-20,29-30H,9-12,18H2,1-8H3,(H,42,46). The average molecular weight is 678 g/mol. The largest absolute Gasteiger partial charge is 0.466 e. The van der Waals surface area contributed by atoms with Crippen molar-refractivity contribution < 1.29 is 36.3 Å². The molecule has 1 amide bonds. The first-order chi connectivity index (χ1) is 22.3. The van der Waals surface area contributed by atoms with E-state index >= 15 is 4.39 Å². The normalized spacial score (nSPS) is 13.1. The molecular formula is C36H44F5N3O4. The Balaban J connectivity index is 2.24. The second kappa shape index (κ2) is 15.9. The number of likely N-dealkylation sites (N-methyl/N-ethyl adjacent to an activating group) is 1. The molecule has 1 aromatic heterocycles. The summed E-state index contributed by atoms with van der Waals surface area (Å²) in [6.07, 6.45) is -3.50. The molecule has 0 radical (unpaired) electrons. The smallest absolute Gasteiger partial charge is 0.419 e. The van der Waals surface area contributed by atoms with Crippen molar-refractivity contribution in [1.29, 1.82) is 0 Å². The molecule has 3 aromatic rings. The van der Waals surface area contributed by atoms with Gasteiger partial charge in [-0.1, -0.05) is 13.8 Å². The van der Waals surface area contributed by atoms with Gasteiger partial charge in [-0.3, -0.25) is 14.4 Å². The summed E-state index contributed by atoms with van der Waals surface area (Å²) < 4.78 is 79.4. The van der Waals surface area contributed by atoms with Crippen molar-refractivity contribution in [1.82, 2.24) is 14.8 Å². The van der Waals surface area contributed by atoms with Gasteiger partial charge in [0.05, 0.1) is 24.6 Å². The van der Waals surface area contributed by atoms with E-state index in [0.717, 1.165) is 23.8 Å². The van der Waals surface area contributed by atoms with Crippen molar-refractivity contribution >= 4 is 11.9 Å². The highest BCUT2D eigenvalue weighted by Crippen LogP contribution is 2.40. The number of esters is 1. The summed E-state index contributed by atoms with van der Waals surface area (Å²) in [7, 11) is 3.80. The molecule has 0 fully saturated rings. The molecule has 0 aliphatic rings. The minimum atomic E-state index is -5.15. The molecule has 262 valence electrons. The van der Waals surface area contributed by atoms with Gasteiger partial charge in [-0.15, -0.1) is 0 Å². The van der Waals surface area contributed by atoms with Crippen LogP contribution in [0.3, 0.4) is 0 Å². The summed E-state index contributed by atoms with van der Waals surface area (Å²) in [5, 5.41) is 2.60. The maximum absolute atomic E-state index is 16.0. The summed E-state index contributed by atoms with van der Waals surface area (Å²) in [6, 6.07) is 3.08. The lowest BCUT2D eigenvalue weighted by Gasteiger charge is -2.27. The number of nitrogens with one attached hydrogen (secondary N) is 1. The van der Waals surface area contributed by atoms with Gasteiger partial charge in [0.2, 0.25) is 5.91 Å². The third-order valence-corrected chi connectivity index (χ3v) is 8.02. The highest BCUT2D eigenvalue weighted by Gasteiger charge is 2.38. The van der Waals surface area contributed by atoms with E-state index in [4.69, 9.17) is 4.74 Å². The third-order valence-electron chi connectivity index (χ3n) is 8.02. The molecule has 0 spiro atoms. The van der Waals surface area contributed by atoms with Crippen LogP contribution in [0.15, 0.2) is 41.3 Å². The average Bonchev–Trinajstić information content (AvgIpc) is 2.95. The fraction of sp³-hybridized carbons (Fsp3) is 0.472. The van der Waals surface area contributed by atoms with E-state index in [1.54, 1.807) is 19.2 Å². The molecular weight excluding hydrogens is 633 g/mol. The molecule has 3 rings (SSSR count). The zero-order chi connectivity index (χ0) is 36.1. The van der Waals surface area contributed by atoms with Crippen molar-refractivity contribution in [3.05, 3.63) is 91.9 Å². The van der Waals surface area contributed by atoms with Crippen LogP contribution in [-0.4, -0.2) is 48.6 Å². The van der Waals surface area contributed by atoms with Crippen LogP contribution >= 0.6 is 0 Å². The van der Waals surface area contributed by atoms with Crippen LogP contribution in [0, 0.1) is 38.3 Å². The van der Waals surface area contributed by atoms with E-state index in [1.807, 2.05) is 32.8 Å². The number of aryl methyl sites for hydroxylation is 3. The topological polar surface area (TPSA) is 80.6 Å². The first kappa shape index (κ1) is 38.4. The number of carbonyl (C=O) groups excluding carboxylic acids is 2. The summed E-state index contributed by atoms with van der Waals surface area (Å²) in [6.45, 7) is 10.5. The van der Waals surface area contributed by atoms with Crippen LogP contribution in [0.1, 0.15) is 79.1 Å². The van der Waals surface area contributed by atoms with E-state index < -0.39 is 64.9 Å². The van der Waals surface area contributed by atoms with Crippen molar-refractivity contribution in [2.45, 2.75) is 79.1 Å². The van der Waals surface area contributed by atoms with Crippen molar-refractivity contribution in [2.75, 3.05) is 27.2 Å². The molecule has 0 saturated carbocycles. The lowest BCUT2D eigenvalue weighted by Crippen LogP contribution is -2.41. The predicted molar refractivity (Wildman–Crippen MR) is 175 cm³/mol. The number of halogens is 5. The number of amides is 1. The quantitative estimate of drug-likeness (QED) is 0.153. The molecule has 1 heterocycles. The van der Waals surface area contributed by atoms with E-state index in [2.05, 4.69) is 5.32 Å². The Hall–Kier alpha value is -4.06. The number of carbonyl (C=O) groups is 2. The molecule has 2 aromatic carbocycles. The van der Waals surface area contributed by atoms with Crippen LogP contribution in [0.25, 0.3) is 11.1 Å². The number of benzene rings is 2. The molecule has 2 atom stereocenters. The highest BCUT2D eigenvalue weighted by atomic mass is 19.4. The number of nitrogens with zero attached hydrogens (tertiary/aromatic N) is 2. The Morgan fingerprint density at radius 2 is 1.60 bits per heavy atom. The maximum Gasteiger partial charge on any atom is 0.419 e.